The van der Waals surface area contributed by atoms with E-state index in [-0.39, 0.29) is 0 Å². The minimum Gasteiger partial charge on any atom is -0.456 e. The Kier molecular flexibility index (Phi) is 4.14. The fourth-order valence-corrected chi connectivity index (χ4v) is 5.30. The average Bonchev–Trinajstić information content (AvgIpc) is 3.44. The van der Waals surface area contributed by atoms with Crippen molar-refractivity contribution in [3.8, 4) is 16.8 Å². The van der Waals surface area contributed by atoms with Gasteiger partial charge in [0.1, 0.15) is 11.2 Å². The number of furan rings is 1. The van der Waals surface area contributed by atoms with Crippen LogP contribution in [0.2, 0.25) is 0 Å². The minimum atomic E-state index is 0.456. The summed E-state index contributed by atoms with van der Waals surface area (Å²) in [6.45, 7) is 0.456. The Morgan fingerprint density at radius 3 is 2.29 bits per heavy atom. The van der Waals surface area contributed by atoms with E-state index in [9.17, 15) is 0 Å². The molecule has 7 aromatic rings. The number of hydrogen-bond donors (Lipinski definition) is 1. The molecule has 0 amide bonds. The summed E-state index contributed by atoms with van der Waals surface area (Å²) in [5.41, 5.74) is 14.7. The lowest BCUT2D eigenvalue weighted by Crippen LogP contribution is -1.95. The van der Waals surface area contributed by atoms with Gasteiger partial charge in [-0.1, -0.05) is 72.8 Å². The Morgan fingerprint density at radius 2 is 1.41 bits per heavy atom. The van der Waals surface area contributed by atoms with E-state index < -0.39 is 0 Å². The summed E-state index contributed by atoms with van der Waals surface area (Å²) in [5.74, 6) is 0. The SMILES string of the molecule is NCc1cccc2c1oc1cccc(-c3ccc4c(c3)c3ccccc3n4-c3ccccc3)c12. The van der Waals surface area contributed by atoms with Gasteiger partial charge in [0, 0.05) is 39.3 Å². The van der Waals surface area contributed by atoms with E-state index in [0.29, 0.717) is 6.54 Å². The van der Waals surface area contributed by atoms with Crippen molar-refractivity contribution in [1.29, 1.82) is 0 Å². The first-order valence-electron chi connectivity index (χ1n) is 11.6. The number of benzene rings is 5. The molecule has 0 aliphatic carbocycles. The number of fused-ring (bicyclic) bond motifs is 6. The predicted molar refractivity (Wildman–Crippen MR) is 141 cm³/mol. The summed E-state index contributed by atoms with van der Waals surface area (Å²) < 4.78 is 8.62. The molecule has 7 rings (SSSR count). The molecule has 34 heavy (non-hydrogen) atoms. The third-order valence-corrected chi connectivity index (χ3v) is 6.82. The Morgan fingerprint density at radius 1 is 0.647 bits per heavy atom. The molecule has 5 aromatic carbocycles. The summed E-state index contributed by atoms with van der Waals surface area (Å²) in [5, 5.41) is 4.74. The van der Waals surface area contributed by atoms with Crippen LogP contribution in [-0.4, -0.2) is 4.57 Å². The van der Waals surface area contributed by atoms with Gasteiger partial charge >= 0.3 is 0 Å². The molecular formula is C31H22N2O. The lowest BCUT2D eigenvalue weighted by molar-refractivity contribution is 0.663. The summed E-state index contributed by atoms with van der Waals surface area (Å²) in [7, 11) is 0. The second-order valence-corrected chi connectivity index (χ2v) is 8.70. The molecule has 162 valence electrons. The monoisotopic (exact) mass is 438 g/mol. The standard InChI is InChI=1S/C31H22N2O/c32-19-21-8-6-13-25-30-23(12-7-15-29(30)34-31(21)25)20-16-17-28-26(18-20)24-11-4-5-14-27(24)33(28)22-9-2-1-3-10-22/h1-18H,19,32H2. The van der Waals surface area contributed by atoms with Gasteiger partial charge in [0.05, 0.1) is 11.0 Å². The van der Waals surface area contributed by atoms with Crippen LogP contribution in [0.5, 0.6) is 0 Å². The van der Waals surface area contributed by atoms with Gasteiger partial charge in [-0.2, -0.15) is 0 Å². The summed E-state index contributed by atoms with van der Waals surface area (Å²) in [6, 6.07) is 38.5. The van der Waals surface area contributed by atoms with Crippen molar-refractivity contribution in [2.45, 2.75) is 6.54 Å². The van der Waals surface area contributed by atoms with Crippen LogP contribution in [0.25, 0.3) is 60.6 Å². The molecule has 2 heterocycles. The Labute approximate surface area is 196 Å². The number of hydrogen-bond acceptors (Lipinski definition) is 2. The molecule has 3 nitrogen and oxygen atoms in total. The van der Waals surface area contributed by atoms with E-state index >= 15 is 0 Å². The van der Waals surface area contributed by atoms with E-state index in [4.69, 9.17) is 10.2 Å². The van der Waals surface area contributed by atoms with Crippen molar-refractivity contribution in [1.82, 2.24) is 4.57 Å². The zero-order valence-corrected chi connectivity index (χ0v) is 18.5. The first-order chi connectivity index (χ1) is 16.8. The molecule has 0 saturated carbocycles. The van der Waals surface area contributed by atoms with Gasteiger partial charge in [0.25, 0.3) is 0 Å². The van der Waals surface area contributed by atoms with Crippen molar-refractivity contribution in [3.63, 3.8) is 0 Å². The summed E-state index contributed by atoms with van der Waals surface area (Å²) in [4.78, 5) is 0. The van der Waals surface area contributed by atoms with Crippen LogP contribution in [0, 0.1) is 0 Å². The lowest BCUT2D eigenvalue weighted by Gasteiger charge is -2.08. The molecule has 0 aliphatic rings. The molecule has 0 radical (unpaired) electrons. The van der Waals surface area contributed by atoms with Crippen LogP contribution in [0.3, 0.4) is 0 Å². The van der Waals surface area contributed by atoms with Crippen LogP contribution in [0.4, 0.5) is 0 Å². The number of rotatable bonds is 3. The maximum Gasteiger partial charge on any atom is 0.139 e. The molecule has 0 unspecified atom stereocenters. The van der Waals surface area contributed by atoms with Gasteiger partial charge in [-0.3, -0.25) is 0 Å². The van der Waals surface area contributed by atoms with E-state index in [1.807, 2.05) is 12.1 Å². The van der Waals surface area contributed by atoms with Gasteiger partial charge in [0.15, 0.2) is 0 Å². The molecule has 0 bridgehead atoms. The predicted octanol–water partition coefficient (Wildman–Crippen LogP) is 7.81. The largest absolute Gasteiger partial charge is 0.456 e. The normalized spacial score (nSPS) is 11.8. The fourth-order valence-electron chi connectivity index (χ4n) is 5.30. The van der Waals surface area contributed by atoms with Crippen molar-refractivity contribution in [3.05, 3.63) is 115 Å². The zero-order valence-electron chi connectivity index (χ0n) is 18.5. The molecule has 3 heteroatoms. The molecule has 2 N–H and O–H groups in total. The van der Waals surface area contributed by atoms with Crippen LogP contribution >= 0.6 is 0 Å². The minimum absolute atomic E-state index is 0.456. The van der Waals surface area contributed by atoms with Crippen molar-refractivity contribution >= 4 is 43.7 Å². The third kappa shape index (κ3) is 2.68. The third-order valence-electron chi connectivity index (χ3n) is 6.82. The highest BCUT2D eigenvalue weighted by molar-refractivity contribution is 6.15. The molecular weight excluding hydrogens is 416 g/mol. The summed E-state index contributed by atoms with van der Waals surface area (Å²) >= 11 is 0. The molecule has 0 aliphatic heterocycles. The van der Waals surface area contributed by atoms with E-state index in [1.165, 1.54) is 38.6 Å². The average molecular weight is 439 g/mol. The van der Waals surface area contributed by atoms with Crippen molar-refractivity contribution in [2.24, 2.45) is 5.73 Å². The van der Waals surface area contributed by atoms with Crippen LogP contribution in [-0.2, 0) is 6.54 Å². The van der Waals surface area contributed by atoms with E-state index in [1.54, 1.807) is 0 Å². The van der Waals surface area contributed by atoms with Gasteiger partial charge in [-0.25, -0.2) is 0 Å². The van der Waals surface area contributed by atoms with Gasteiger partial charge in [-0.15, -0.1) is 0 Å². The highest BCUT2D eigenvalue weighted by Crippen LogP contribution is 2.40. The Hall–Kier alpha value is -4.34. The van der Waals surface area contributed by atoms with E-state index in [2.05, 4.69) is 102 Å². The molecule has 0 spiro atoms. The molecule has 0 fully saturated rings. The van der Waals surface area contributed by atoms with Gasteiger partial charge in [0.2, 0.25) is 0 Å². The van der Waals surface area contributed by atoms with Gasteiger partial charge in [-0.05, 0) is 47.5 Å². The maximum atomic E-state index is 6.27. The molecule has 0 atom stereocenters. The van der Waals surface area contributed by atoms with Crippen LogP contribution in [0.1, 0.15) is 5.56 Å². The highest BCUT2D eigenvalue weighted by Gasteiger charge is 2.17. The quantitative estimate of drug-likeness (QED) is 0.306. The first-order valence-corrected chi connectivity index (χ1v) is 11.6. The molecule has 0 saturated heterocycles. The van der Waals surface area contributed by atoms with Crippen LogP contribution < -0.4 is 5.73 Å². The fraction of sp³-hybridized carbons (Fsp3) is 0.0323. The highest BCUT2D eigenvalue weighted by atomic mass is 16.3. The van der Waals surface area contributed by atoms with E-state index in [0.717, 1.165) is 27.5 Å². The number of nitrogens with zero attached hydrogens (tertiary/aromatic N) is 1. The number of para-hydroxylation sites is 3. The lowest BCUT2D eigenvalue weighted by atomic mass is 9.97. The summed E-state index contributed by atoms with van der Waals surface area (Å²) in [6.07, 6.45) is 0. The number of aromatic nitrogens is 1. The first kappa shape index (κ1) is 19.2. The second kappa shape index (κ2) is 7.34. The Balaban J connectivity index is 1.54. The van der Waals surface area contributed by atoms with Gasteiger partial charge < -0.3 is 14.7 Å². The molecule has 2 aromatic heterocycles. The maximum absolute atomic E-state index is 6.27. The number of nitrogens with two attached hydrogens (primary N) is 1. The van der Waals surface area contributed by atoms with Crippen LogP contribution in [0.15, 0.2) is 114 Å². The Bertz CT molecular complexity index is 1840. The van der Waals surface area contributed by atoms with Crippen molar-refractivity contribution in [2.75, 3.05) is 0 Å². The smallest absolute Gasteiger partial charge is 0.139 e. The van der Waals surface area contributed by atoms with Crippen molar-refractivity contribution < 1.29 is 4.42 Å². The second-order valence-electron chi connectivity index (χ2n) is 8.70. The topological polar surface area (TPSA) is 44.1 Å². The zero-order chi connectivity index (χ0) is 22.6.